The molecule has 0 atom stereocenters. The summed E-state index contributed by atoms with van der Waals surface area (Å²) < 4.78 is 6.83. The van der Waals surface area contributed by atoms with Crippen LogP contribution < -0.4 is 4.74 Å². The van der Waals surface area contributed by atoms with Crippen LogP contribution in [-0.4, -0.2) is 17.3 Å². The number of aromatic nitrogens is 1. The molecule has 4 nitrogen and oxygen atoms in total. The van der Waals surface area contributed by atoms with Gasteiger partial charge in [-0.1, -0.05) is 6.07 Å². The highest BCUT2D eigenvalue weighted by Crippen LogP contribution is 2.20. The number of benzene rings is 1. The van der Waals surface area contributed by atoms with Crippen molar-refractivity contribution >= 4 is 11.3 Å². The van der Waals surface area contributed by atoms with Crippen LogP contribution in [0.5, 0.6) is 5.75 Å². The Labute approximate surface area is 121 Å². The maximum absolute atomic E-state index is 12.6. The molecule has 2 heterocycles. The van der Waals surface area contributed by atoms with Crippen LogP contribution in [0.3, 0.4) is 0 Å². The maximum Gasteiger partial charge on any atom is 0.209 e. The molecule has 0 saturated heterocycles. The van der Waals surface area contributed by atoms with E-state index < -0.39 is 0 Å². The third-order valence-corrected chi connectivity index (χ3v) is 3.38. The highest BCUT2D eigenvalue weighted by atomic mass is 16.5. The van der Waals surface area contributed by atoms with Gasteiger partial charge in [-0.3, -0.25) is 4.79 Å². The smallest absolute Gasteiger partial charge is 0.209 e. The molecule has 2 aromatic heterocycles. The summed E-state index contributed by atoms with van der Waals surface area (Å²) >= 11 is 0. The Hall–Kier alpha value is -3.06. The van der Waals surface area contributed by atoms with Crippen molar-refractivity contribution in [2.75, 3.05) is 7.11 Å². The topological polar surface area (TPSA) is 54.5 Å². The predicted molar refractivity (Wildman–Crippen MR) is 78.5 cm³/mol. The van der Waals surface area contributed by atoms with Crippen LogP contribution in [0.1, 0.15) is 21.6 Å². The average Bonchev–Trinajstić information content (AvgIpc) is 2.93. The third kappa shape index (κ3) is 2.15. The van der Waals surface area contributed by atoms with Crippen molar-refractivity contribution in [1.82, 2.24) is 4.40 Å². The summed E-state index contributed by atoms with van der Waals surface area (Å²) in [6, 6.07) is 16.2. The van der Waals surface area contributed by atoms with Crippen LogP contribution in [0, 0.1) is 11.3 Å². The Balaban J connectivity index is 2.11. The SMILES string of the molecule is COc1ccc(C(=O)c2cc(C#N)c3ccccn23)cc1. The lowest BCUT2D eigenvalue weighted by atomic mass is 10.1. The van der Waals surface area contributed by atoms with E-state index in [0.29, 0.717) is 22.6 Å². The van der Waals surface area contributed by atoms with Crippen molar-refractivity contribution in [3.05, 3.63) is 71.5 Å². The standard InChI is InChI=1S/C17H12N2O2/c1-21-14-7-5-12(6-8-14)17(20)16-10-13(11-18)15-4-2-3-9-19(15)16/h2-10H,1H3. The number of nitriles is 1. The average molecular weight is 276 g/mol. The lowest BCUT2D eigenvalue weighted by molar-refractivity contribution is 0.103. The minimum atomic E-state index is -0.125. The fourth-order valence-corrected chi connectivity index (χ4v) is 2.31. The highest BCUT2D eigenvalue weighted by molar-refractivity contribution is 6.09. The van der Waals surface area contributed by atoms with E-state index in [4.69, 9.17) is 4.74 Å². The summed E-state index contributed by atoms with van der Waals surface area (Å²) in [5.74, 6) is 0.574. The van der Waals surface area contributed by atoms with Gasteiger partial charge in [0.25, 0.3) is 0 Å². The van der Waals surface area contributed by atoms with Crippen molar-refractivity contribution in [1.29, 1.82) is 5.26 Å². The van der Waals surface area contributed by atoms with Gasteiger partial charge in [-0.15, -0.1) is 0 Å². The van der Waals surface area contributed by atoms with E-state index in [-0.39, 0.29) is 5.78 Å². The molecular formula is C17H12N2O2. The Morgan fingerprint density at radius 2 is 1.95 bits per heavy atom. The van der Waals surface area contributed by atoms with E-state index in [9.17, 15) is 10.1 Å². The summed E-state index contributed by atoms with van der Waals surface area (Å²) in [5, 5.41) is 9.18. The second kappa shape index (κ2) is 5.14. The third-order valence-electron chi connectivity index (χ3n) is 3.38. The number of hydrogen-bond acceptors (Lipinski definition) is 3. The largest absolute Gasteiger partial charge is 0.497 e. The van der Waals surface area contributed by atoms with Crippen molar-refractivity contribution in [2.45, 2.75) is 0 Å². The minimum Gasteiger partial charge on any atom is -0.497 e. The van der Waals surface area contributed by atoms with Gasteiger partial charge in [-0.05, 0) is 42.5 Å². The van der Waals surface area contributed by atoms with E-state index in [2.05, 4.69) is 6.07 Å². The van der Waals surface area contributed by atoms with E-state index in [1.165, 1.54) is 0 Å². The first kappa shape index (κ1) is 12.9. The van der Waals surface area contributed by atoms with Gasteiger partial charge < -0.3 is 9.14 Å². The molecular weight excluding hydrogens is 264 g/mol. The summed E-state index contributed by atoms with van der Waals surface area (Å²) in [6.07, 6.45) is 1.78. The molecule has 0 aliphatic heterocycles. The highest BCUT2D eigenvalue weighted by Gasteiger charge is 2.16. The van der Waals surface area contributed by atoms with Crippen LogP contribution in [0.2, 0.25) is 0 Å². The molecule has 0 amide bonds. The number of fused-ring (bicyclic) bond motifs is 1. The lowest BCUT2D eigenvalue weighted by Crippen LogP contribution is -2.04. The van der Waals surface area contributed by atoms with Gasteiger partial charge in [0.15, 0.2) is 0 Å². The van der Waals surface area contributed by atoms with E-state index in [1.807, 2.05) is 18.2 Å². The molecule has 0 unspecified atom stereocenters. The zero-order valence-electron chi connectivity index (χ0n) is 11.4. The predicted octanol–water partition coefficient (Wildman–Crippen LogP) is 3.05. The Bertz CT molecular complexity index is 855. The quantitative estimate of drug-likeness (QED) is 0.691. The Morgan fingerprint density at radius 3 is 2.62 bits per heavy atom. The van der Waals surface area contributed by atoms with Gasteiger partial charge in [0.1, 0.15) is 11.8 Å². The summed E-state index contributed by atoms with van der Waals surface area (Å²) in [7, 11) is 1.58. The van der Waals surface area contributed by atoms with Crippen molar-refractivity contribution < 1.29 is 9.53 Å². The molecule has 21 heavy (non-hydrogen) atoms. The molecule has 0 radical (unpaired) electrons. The van der Waals surface area contributed by atoms with Crippen molar-refractivity contribution in [3.8, 4) is 11.8 Å². The van der Waals surface area contributed by atoms with Crippen molar-refractivity contribution in [3.63, 3.8) is 0 Å². The fraction of sp³-hybridized carbons (Fsp3) is 0.0588. The zero-order chi connectivity index (χ0) is 14.8. The van der Waals surface area contributed by atoms with Gasteiger partial charge >= 0.3 is 0 Å². The monoisotopic (exact) mass is 276 g/mol. The summed E-state index contributed by atoms with van der Waals surface area (Å²) in [4.78, 5) is 12.6. The number of carbonyl (C=O) groups is 1. The Morgan fingerprint density at radius 1 is 1.19 bits per heavy atom. The van der Waals surface area contributed by atoms with Crippen LogP contribution in [-0.2, 0) is 0 Å². The van der Waals surface area contributed by atoms with Gasteiger partial charge in [0, 0.05) is 11.8 Å². The lowest BCUT2D eigenvalue weighted by Gasteiger charge is -2.04. The van der Waals surface area contributed by atoms with Gasteiger partial charge in [0.05, 0.1) is 23.9 Å². The summed E-state index contributed by atoms with van der Waals surface area (Å²) in [5.41, 5.74) is 2.26. The molecule has 0 bridgehead atoms. The first-order valence-corrected chi connectivity index (χ1v) is 6.43. The van der Waals surface area contributed by atoms with Gasteiger partial charge in [0.2, 0.25) is 5.78 Å². The van der Waals surface area contributed by atoms with Crippen LogP contribution >= 0.6 is 0 Å². The number of methoxy groups -OCH3 is 1. The van der Waals surface area contributed by atoms with Crippen LogP contribution in [0.15, 0.2) is 54.7 Å². The van der Waals surface area contributed by atoms with Gasteiger partial charge in [-0.2, -0.15) is 5.26 Å². The first-order chi connectivity index (χ1) is 10.2. The van der Waals surface area contributed by atoms with E-state index in [0.717, 1.165) is 5.52 Å². The normalized spacial score (nSPS) is 10.3. The summed E-state index contributed by atoms with van der Waals surface area (Å²) in [6.45, 7) is 0. The number of pyridine rings is 1. The number of hydrogen-bond donors (Lipinski definition) is 0. The van der Waals surface area contributed by atoms with Gasteiger partial charge in [-0.25, -0.2) is 0 Å². The number of ether oxygens (including phenoxy) is 1. The molecule has 0 fully saturated rings. The second-order valence-corrected chi connectivity index (χ2v) is 4.57. The minimum absolute atomic E-state index is 0.125. The van der Waals surface area contributed by atoms with Crippen LogP contribution in [0.4, 0.5) is 0 Å². The number of carbonyl (C=O) groups excluding carboxylic acids is 1. The van der Waals surface area contributed by atoms with Crippen LogP contribution in [0.25, 0.3) is 5.52 Å². The van der Waals surface area contributed by atoms with Crippen molar-refractivity contribution in [2.24, 2.45) is 0 Å². The molecule has 4 heteroatoms. The zero-order valence-corrected chi connectivity index (χ0v) is 11.4. The molecule has 1 aromatic carbocycles. The number of nitrogens with zero attached hydrogens (tertiary/aromatic N) is 2. The molecule has 102 valence electrons. The molecule has 3 aromatic rings. The fourth-order valence-electron chi connectivity index (χ4n) is 2.31. The second-order valence-electron chi connectivity index (χ2n) is 4.57. The number of ketones is 1. The molecule has 0 aliphatic carbocycles. The molecule has 0 aliphatic rings. The molecule has 0 N–H and O–H groups in total. The molecule has 0 saturated carbocycles. The molecule has 3 rings (SSSR count). The molecule has 0 spiro atoms. The number of rotatable bonds is 3. The van der Waals surface area contributed by atoms with E-state index >= 15 is 0 Å². The first-order valence-electron chi connectivity index (χ1n) is 6.43. The Kier molecular flexibility index (Phi) is 3.17. The van der Waals surface area contributed by atoms with E-state index in [1.54, 1.807) is 48.0 Å². The maximum atomic E-state index is 12.6.